The predicted octanol–water partition coefficient (Wildman–Crippen LogP) is 3.18. The van der Waals surface area contributed by atoms with Gasteiger partial charge in [0.15, 0.2) is 0 Å². The molecule has 0 saturated carbocycles. The van der Waals surface area contributed by atoms with E-state index in [2.05, 4.69) is 5.32 Å². The summed E-state index contributed by atoms with van der Waals surface area (Å²) in [6.45, 7) is 5.00. The van der Waals surface area contributed by atoms with Crippen LogP contribution in [0.3, 0.4) is 0 Å². The van der Waals surface area contributed by atoms with Gasteiger partial charge in [0.25, 0.3) is 0 Å². The number of fused-ring (bicyclic) bond motifs is 1. The van der Waals surface area contributed by atoms with Crippen LogP contribution in [0.15, 0.2) is 30.1 Å². The van der Waals surface area contributed by atoms with Gasteiger partial charge in [0.2, 0.25) is 0 Å². The smallest absolute Gasteiger partial charge is 0.414 e. The number of amides is 2. The fourth-order valence-electron chi connectivity index (χ4n) is 2.45. The van der Waals surface area contributed by atoms with E-state index in [1.54, 1.807) is 46.0 Å². The van der Waals surface area contributed by atoms with Crippen LogP contribution in [-0.4, -0.2) is 36.5 Å². The standard InChI is InChI=1S/C18H23FN2O5/c1-18(2,3)26-16(23)20-9-13(8-19)15(22)11-5-6-14-12(7-11)10-25-17(24)21(14)4/h5-8,15,22H,9-10H2,1-4H3,(H,20,23)/b13-8-. The quantitative estimate of drug-likeness (QED) is 0.854. The molecule has 0 fully saturated rings. The van der Waals surface area contributed by atoms with E-state index in [0.717, 1.165) is 0 Å². The Morgan fingerprint density at radius 3 is 2.81 bits per heavy atom. The van der Waals surface area contributed by atoms with Gasteiger partial charge < -0.3 is 19.9 Å². The maximum absolute atomic E-state index is 13.2. The number of cyclic esters (lactones) is 1. The van der Waals surface area contributed by atoms with Crippen molar-refractivity contribution in [1.29, 1.82) is 0 Å². The van der Waals surface area contributed by atoms with Crippen LogP contribution in [0, 0.1) is 0 Å². The van der Waals surface area contributed by atoms with E-state index in [9.17, 15) is 19.1 Å². The molecule has 8 heteroatoms. The van der Waals surface area contributed by atoms with Gasteiger partial charge in [-0.25, -0.2) is 14.0 Å². The normalized spacial score (nSPS) is 15.8. The molecule has 0 spiro atoms. The van der Waals surface area contributed by atoms with Gasteiger partial charge >= 0.3 is 12.2 Å². The molecule has 1 aromatic rings. The molecule has 1 atom stereocenters. The van der Waals surface area contributed by atoms with Crippen molar-refractivity contribution in [2.24, 2.45) is 0 Å². The predicted molar refractivity (Wildman–Crippen MR) is 93.4 cm³/mol. The van der Waals surface area contributed by atoms with Crippen molar-refractivity contribution < 1.29 is 28.6 Å². The van der Waals surface area contributed by atoms with Crippen LogP contribution in [0.5, 0.6) is 0 Å². The Kier molecular flexibility index (Phi) is 5.86. The number of halogens is 1. The molecule has 0 aliphatic carbocycles. The average molecular weight is 366 g/mol. The number of benzene rings is 1. The van der Waals surface area contributed by atoms with Gasteiger partial charge in [0, 0.05) is 24.7 Å². The molecule has 26 heavy (non-hydrogen) atoms. The number of anilines is 1. The van der Waals surface area contributed by atoms with Gasteiger partial charge in [-0.15, -0.1) is 0 Å². The summed E-state index contributed by atoms with van der Waals surface area (Å²) >= 11 is 0. The first-order valence-corrected chi connectivity index (χ1v) is 8.09. The molecule has 2 amide bonds. The van der Waals surface area contributed by atoms with Crippen LogP contribution in [0.25, 0.3) is 0 Å². The number of hydrogen-bond acceptors (Lipinski definition) is 5. The summed E-state index contributed by atoms with van der Waals surface area (Å²) in [6.07, 6.45) is -2.17. The highest BCUT2D eigenvalue weighted by molar-refractivity contribution is 5.89. The molecule has 2 rings (SSSR count). The van der Waals surface area contributed by atoms with Gasteiger partial charge in [0.1, 0.15) is 18.3 Å². The molecule has 1 heterocycles. The number of ether oxygens (including phenoxy) is 2. The summed E-state index contributed by atoms with van der Waals surface area (Å²) in [4.78, 5) is 24.6. The lowest BCUT2D eigenvalue weighted by Crippen LogP contribution is -2.34. The number of hydrogen-bond donors (Lipinski definition) is 2. The maximum atomic E-state index is 13.2. The highest BCUT2D eigenvalue weighted by Gasteiger charge is 2.24. The van der Waals surface area contributed by atoms with Crippen LogP contribution in [0.1, 0.15) is 38.0 Å². The largest absolute Gasteiger partial charge is 0.444 e. The van der Waals surface area contributed by atoms with E-state index in [-0.39, 0.29) is 25.1 Å². The molecule has 1 aromatic carbocycles. The van der Waals surface area contributed by atoms with E-state index in [4.69, 9.17) is 9.47 Å². The summed E-state index contributed by atoms with van der Waals surface area (Å²) in [5.41, 5.74) is 1.07. The molecule has 142 valence electrons. The van der Waals surface area contributed by atoms with E-state index in [0.29, 0.717) is 16.8 Å². The topological polar surface area (TPSA) is 88.1 Å². The fourth-order valence-corrected chi connectivity index (χ4v) is 2.45. The number of rotatable bonds is 4. The molecule has 1 unspecified atom stereocenters. The van der Waals surface area contributed by atoms with Crippen molar-refractivity contribution >= 4 is 17.9 Å². The summed E-state index contributed by atoms with van der Waals surface area (Å²) in [7, 11) is 1.58. The summed E-state index contributed by atoms with van der Waals surface area (Å²) in [5.74, 6) is 0. The highest BCUT2D eigenvalue weighted by atomic mass is 19.1. The van der Waals surface area contributed by atoms with Crippen molar-refractivity contribution in [3.8, 4) is 0 Å². The molecule has 7 nitrogen and oxygen atoms in total. The third-order valence-electron chi connectivity index (χ3n) is 3.73. The van der Waals surface area contributed by atoms with Gasteiger partial charge in [-0.05, 0) is 38.5 Å². The van der Waals surface area contributed by atoms with Gasteiger partial charge in [0.05, 0.1) is 12.0 Å². The summed E-state index contributed by atoms with van der Waals surface area (Å²) < 4.78 is 23.3. The molecule has 0 radical (unpaired) electrons. The second-order valence-electron chi connectivity index (χ2n) is 6.94. The summed E-state index contributed by atoms with van der Waals surface area (Å²) in [6, 6.07) is 4.89. The molecular formula is C18H23FN2O5. The van der Waals surface area contributed by atoms with Gasteiger partial charge in [-0.1, -0.05) is 6.07 Å². The molecule has 2 N–H and O–H groups in total. The molecule has 1 aliphatic rings. The zero-order chi connectivity index (χ0) is 19.5. The first-order chi connectivity index (χ1) is 12.1. The maximum Gasteiger partial charge on any atom is 0.414 e. The van der Waals surface area contributed by atoms with Crippen molar-refractivity contribution in [2.45, 2.75) is 39.1 Å². The van der Waals surface area contributed by atoms with Crippen LogP contribution in [0.4, 0.5) is 19.7 Å². The molecule has 0 bridgehead atoms. The van der Waals surface area contributed by atoms with Crippen molar-refractivity contribution in [3.05, 3.63) is 41.2 Å². The number of nitrogens with zero attached hydrogens (tertiary/aromatic N) is 1. The van der Waals surface area contributed by atoms with Crippen LogP contribution < -0.4 is 10.2 Å². The Bertz CT molecular complexity index is 727. The lowest BCUT2D eigenvalue weighted by Gasteiger charge is -2.26. The van der Waals surface area contributed by atoms with E-state index >= 15 is 0 Å². The Hall–Kier alpha value is -2.61. The van der Waals surface area contributed by atoms with Crippen LogP contribution in [0.2, 0.25) is 0 Å². The van der Waals surface area contributed by atoms with Crippen LogP contribution in [-0.2, 0) is 16.1 Å². The van der Waals surface area contributed by atoms with Crippen molar-refractivity contribution in [3.63, 3.8) is 0 Å². The Morgan fingerprint density at radius 1 is 1.50 bits per heavy atom. The number of carbonyl (C=O) groups excluding carboxylic acids is 2. The van der Waals surface area contributed by atoms with Gasteiger partial charge in [-0.2, -0.15) is 0 Å². The fraction of sp³-hybridized carbons (Fsp3) is 0.444. The number of aliphatic hydroxyl groups is 1. The molecule has 1 aliphatic heterocycles. The minimum atomic E-state index is -1.26. The van der Waals surface area contributed by atoms with Gasteiger partial charge in [-0.3, -0.25) is 4.90 Å². The number of aliphatic hydroxyl groups excluding tert-OH is 1. The van der Waals surface area contributed by atoms with Crippen molar-refractivity contribution in [2.75, 3.05) is 18.5 Å². The summed E-state index contributed by atoms with van der Waals surface area (Å²) in [5, 5.41) is 12.8. The second kappa shape index (κ2) is 7.74. The van der Waals surface area contributed by atoms with E-state index in [1.807, 2.05) is 0 Å². The zero-order valence-corrected chi connectivity index (χ0v) is 15.2. The Labute approximate surface area is 151 Å². The number of alkyl carbamates (subject to hydrolysis) is 1. The monoisotopic (exact) mass is 366 g/mol. The van der Waals surface area contributed by atoms with Crippen LogP contribution >= 0.6 is 0 Å². The van der Waals surface area contributed by atoms with E-state index in [1.165, 1.54) is 4.90 Å². The minimum Gasteiger partial charge on any atom is -0.444 e. The molecule has 0 saturated heterocycles. The molecular weight excluding hydrogens is 343 g/mol. The lowest BCUT2D eigenvalue weighted by molar-refractivity contribution is 0.0529. The SMILES string of the molecule is CN1C(=O)OCc2cc(C(O)/C(=C\F)CNC(=O)OC(C)(C)C)ccc21. The molecule has 0 aromatic heterocycles. The highest BCUT2D eigenvalue weighted by Crippen LogP contribution is 2.30. The first-order valence-electron chi connectivity index (χ1n) is 8.09. The zero-order valence-electron chi connectivity index (χ0n) is 15.2. The minimum absolute atomic E-state index is 0.0306. The second-order valence-corrected chi connectivity index (χ2v) is 6.94. The Morgan fingerprint density at radius 2 is 2.19 bits per heavy atom. The first kappa shape index (κ1) is 19.7. The lowest BCUT2D eigenvalue weighted by atomic mass is 9.99. The number of nitrogens with one attached hydrogen (secondary N) is 1. The van der Waals surface area contributed by atoms with E-state index < -0.39 is 23.9 Å². The third-order valence-corrected chi connectivity index (χ3v) is 3.73. The van der Waals surface area contributed by atoms with Crippen molar-refractivity contribution in [1.82, 2.24) is 5.32 Å². The third kappa shape index (κ3) is 4.72. The number of carbonyl (C=O) groups is 2. The Balaban J connectivity index is 2.08. The average Bonchev–Trinajstić information content (AvgIpc) is 2.56.